The van der Waals surface area contributed by atoms with Crippen molar-refractivity contribution in [3.8, 4) is 0 Å². The van der Waals surface area contributed by atoms with Gasteiger partial charge in [-0.1, -0.05) is 24.3 Å². The minimum absolute atomic E-state index is 0.549. The molecule has 144 valence electrons. The average molecular weight is 385 g/mol. The third-order valence-electron chi connectivity index (χ3n) is 4.62. The number of pyridine rings is 1. The zero-order valence-corrected chi connectivity index (χ0v) is 15.8. The first-order chi connectivity index (χ1) is 14.2. The van der Waals surface area contributed by atoms with Crippen LogP contribution in [0.1, 0.15) is 12.5 Å². The third kappa shape index (κ3) is 3.70. The minimum atomic E-state index is -0.846. The van der Waals surface area contributed by atoms with Crippen LogP contribution in [-0.4, -0.2) is 27.6 Å². The lowest BCUT2D eigenvalue weighted by atomic mass is 10.1. The molecule has 0 saturated carbocycles. The summed E-state index contributed by atoms with van der Waals surface area (Å²) in [4.78, 5) is 28.2. The van der Waals surface area contributed by atoms with Gasteiger partial charge in [-0.05, 0) is 37.3 Å². The molecule has 0 radical (unpaired) electrons. The Morgan fingerprint density at radius 1 is 1.03 bits per heavy atom. The second kappa shape index (κ2) is 7.93. The minimum Gasteiger partial charge on any atom is -0.341 e. The molecule has 0 aliphatic rings. The van der Waals surface area contributed by atoms with E-state index in [1.165, 1.54) is 6.21 Å². The number of nitrogens with one attached hydrogen (secondary N) is 2. The van der Waals surface area contributed by atoms with E-state index in [1.54, 1.807) is 30.6 Å². The maximum absolute atomic E-state index is 12.2. The first-order valence-electron chi connectivity index (χ1n) is 9.23. The molecule has 0 unspecified atom stereocenters. The molecule has 2 aromatic carbocycles. The second-order valence-electron chi connectivity index (χ2n) is 6.43. The number of hydrogen-bond acceptors (Lipinski definition) is 4. The highest BCUT2D eigenvalue weighted by molar-refractivity contribution is 6.39. The fourth-order valence-electron chi connectivity index (χ4n) is 3.33. The summed E-state index contributed by atoms with van der Waals surface area (Å²) in [7, 11) is 0. The Hall–Kier alpha value is -4.00. The third-order valence-corrected chi connectivity index (χ3v) is 4.62. The summed E-state index contributed by atoms with van der Waals surface area (Å²) < 4.78 is 2.22. The van der Waals surface area contributed by atoms with Crippen LogP contribution in [-0.2, 0) is 16.1 Å². The van der Waals surface area contributed by atoms with Gasteiger partial charge >= 0.3 is 11.8 Å². The van der Waals surface area contributed by atoms with Crippen LogP contribution in [0.2, 0.25) is 0 Å². The molecule has 0 spiro atoms. The Morgan fingerprint density at radius 3 is 2.66 bits per heavy atom. The van der Waals surface area contributed by atoms with Crippen LogP contribution >= 0.6 is 0 Å². The highest BCUT2D eigenvalue weighted by Gasteiger charge is 2.15. The van der Waals surface area contributed by atoms with Crippen LogP contribution in [0.3, 0.4) is 0 Å². The molecule has 7 nitrogen and oxygen atoms in total. The van der Waals surface area contributed by atoms with Crippen LogP contribution in [0.25, 0.3) is 21.8 Å². The number of amides is 2. The predicted molar refractivity (Wildman–Crippen MR) is 114 cm³/mol. The van der Waals surface area contributed by atoms with E-state index in [1.807, 2.05) is 24.3 Å². The molecule has 2 N–H and O–H groups in total. The quantitative estimate of drug-likeness (QED) is 0.321. The van der Waals surface area contributed by atoms with Gasteiger partial charge in [-0.2, -0.15) is 5.10 Å². The summed E-state index contributed by atoms with van der Waals surface area (Å²) in [6, 6.07) is 17.3. The summed E-state index contributed by atoms with van der Waals surface area (Å²) in [6.07, 6.45) is 4.65. The van der Waals surface area contributed by atoms with Gasteiger partial charge in [0.1, 0.15) is 0 Å². The molecule has 0 saturated heterocycles. The van der Waals surface area contributed by atoms with Gasteiger partial charge in [0.05, 0.1) is 6.21 Å². The predicted octanol–water partition coefficient (Wildman–Crippen LogP) is 3.30. The zero-order valence-electron chi connectivity index (χ0n) is 15.8. The molecule has 4 aromatic rings. The molecule has 29 heavy (non-hydrogen) atoms. The van der Waals surface area contributed by atoms with Crippen LogP contribution in [0.15, 0.2) is 72.1 Å². The largest absolute Gasteiger partial charge is 0.341 e. The van der Waals surface area contributed by atoms with Crippen molar-refractivity contribution in [3.05, 3.63) is 72.6 Å². The molecule has 4 rings (SSSR count). The maximum Gasteiger partial charge on any atom is 0.329 e. The molecule has 2 aromatic heterocycles. The van der Waals surface area contributed by atoms with E-state index in [9.17, 15) is 9.59 Å². The Balaban J connectivity index is 1.51. The number of carbonyl (C=O) groups is 2. The van der Waals surface area contributed by atoms with Crippen LogP contribution in [0, 0.1) is 0 Å². The zero-order chi connectivity index (χ0) is 20.2. The Kier molecular flexibility index (Phi) is 5.03. The van der Waals surface area contributed by atoms with Gasteiger partial charge in [0.25, 0.3) is 0 Å². The van der Waals surface area contributed by atoms with E-state index in [4.69, 9.17) is 0 Å². The number of nitrogens with zero attached hydrogens (tertiary/aromatic N) is 3. The summed E-state index contributed by atoms with van der Waals surface area (Å²) in [6.45, 7) is 2.94. The monoisotopic (exact) mass is 385 g/mol. The maximum atomic E-state index is 12.2. The van der Waals surface area contributed by atoms with Gasteiger partial charge in [-0.25, -0.2) is 5.43 Å². The van der Waals surface area contributed by atoms with E-state index in [-0.39, 0.29) is 0 Å². The topological polar surface area (TPSA) is 88.4 Å². The summed E-state index contributed by atoms with van der Waals surface area (Å²) in [5, 5.41) is 8.53. The van der Waals surface area contributed by atoms with E-state index in [0.29, 0.717) is 11.3 Å². The van der Waals surface area contributed by atoms with Crippen molar-refractivity contribution in [3.63, 3.8) is 0 Å². The Bertz CT molecular complexity index is 1230. The van der Waals surface area contributed by atoms with E-state index >= 15 is 0 Å². The van der Waals surface area contributed by atoms with Crippen LogP contribution < -0.4 is 10.7 Å². The van der Waals surface area contributed by atoms with Crippen LogP contribution in [0.5, 0.6) is 0 Å². The highest BCUT2D eigenvalue weighted by atomic mass is 16.2. The van der Waals surface area contributed by atoms with Gasteiger partial charge in [0.15, 0.2) is 0 Å². The van der Waals surface area contributed by atoms with Crippen LogP contribution in [0.4, 0.5) is 5.69 Å². The van der Waals surface area contributed by atoms with Crippen molar-refractivity contribution in [2.45, 2.75) is 13.5 Å². The number of hydrogen-bond donors (Lipinski definition) is 2. The number of aryl methyl sites for hydroxylation is 1. The fourth-order valence-corrected chi connectivity index (χ4v) is 3.33. The van der Waals surface area contributed by atoms with E-state index < -0.39 is 11.8 Å². The summed E-state index contributed by atoms with van der Waals surface area (Å²) in [5.41, 5.74) is 5.70. The SMILES string of the molecule is CCn1c2ccccc2c2cc(NC(=O)C(=O)NN=Cc3cccnc3)ccc21. The first kappa shape index (κ1) is 18.4. The number of carbonyl (C=O) groups excluding carboxylic acids is 2. The van der Waals surface area contributed by atoms with Gasteiger partial charge in [0.2, 0.25) is 0 Å². The standard InChI is InChI=1S/C22H19N5O2/c1-2-27-19-8-4-3-7-17(19)18-12-16(9-10-20(18)27)25-21(28)22(29)26-24-14-15-6-5-11-23-13-15/h3-14H,2H2,1H3,(H,25,28)(H,26,29). The molecule has 2 amide bonds. The molecular formula is C22H19N5O2. The van der Waals surface area contributed by atoms with Crippen molar-refractivity contribution in [2.75, 3.05) is 5.32 Å². The van der Waals surface area contributed by atoms with Gasteiger partial charge in [-0.15, -0.1) is 0 Å². The molecule has 0 atom stereocenters. The number of hydrazone groups is 1. The number of para-hydroxylation sites is 1. The van der Waals surface area contributed by atoms with Gasteiger partial charge in [0, 0.05) is 52.0 Å². The fraction of sp³-hybridized carbons (Fsp3) is 0.0909. The van der Waals surface area contributed by atoms with E-state index in [2.05, 4.69) is 44.5 Å². The molecule has 0 aliphatic carbocycles. The van der Waals surface area contributed by atoms with Crippen molar-refractivity contribution >= 4 is 45.5 Å². The van der Waals surface area contributed by atoms with Crippen molar-refractivity contribution in [2.24, 2.45) is 5.10 Å². The number of benzene rings is 2. The first-order valence-corrected chi connectivity index (χ1v) is 9.23. The molecule has 0 fully saturated rings. The average Bonchev–Trinajstić information content (AvgIpc) is 3.07. The molecule has 0 bridgehead atoms. The number of anilines is 1. The lowest BCUT2D eigenvalue weighted by Gasteiger charge is -2.06. The molecule has 0 aliphatic heterocycles. The van der Waals surface area contributed by atoms with Gasteiger partial charge in [-0.3, -0.25) is 14.6 Å². The normalized spacial score (nSPS) is 11.2. The Labute approximate surface area is 167 Å². The lowest BCUT2D eigenvalue weighted by Crippen LogP contribution is -2.32. The molecular weight excluding hydrogens is 366 g/mol. The Morgan fingerprint density at radius 2 is 1.86 bits per heavy atom. The number of rotatable bonds is 4. The van der Waals surface area contributed by atoms with Gasteiger partial charge < -0.3 is 9.88 Å². The number of aromatic nitrogens is 2. The molecule has 2 heterocycles. The summed E-state index contributed by atoms with van der Waals surface area (Å²) in [5.74, 6) is -1.63. The lowest BCUT2D eigenvalue weighted by molar-refractivity contribution is -0.136. The highest BCUT2D eigenvalue weighted by Crippen LogP contribution is 2.30. The number of fused-ring (bicyclic) bond motifs is 3. The van der Waals surface area contributed by atoms with Crippen molar-refractivity contribution < 1.29 is 9.59 Å². The smallest absolute Gasteiger partial charge is 0.329 e. The van der Waals surface area contributed by atoms with Crippen molar-refractivity contribution in [1.29, 1.82) is 0 Å². The molecule has 7 heteroatoms. The summed E-state index contributed by atoms with van der Waals surface area (Å²) >= 11 is 0. The van der Waals surface area contributed by atoms with E-state index in [0.717, 1.165) is 28.4 Å². The van der Waals surface area contributed by atoms with Crippen molar-refractivity contribution in [1.82, 2.24) is 15.0 Å². The second-order valence-corrected chi connectivity index (χ2v) is 6.43.